The van der Waals surface area contributed by atoms with Crippen LogP contribution in [0.1, 0.15) is 45.4 Å². The Morgan fingerprint density at radius 2 is 1.76 bits per heavy atom. The second kappa shape index (κ2) is 11.0. The zero-order valence-corrected chi connectivity index (χ0v) is 13.2. The summed E-state index contributed by atoms with van der Waals surface area (Å²) in [6.45, 7) is 3.23. The molecule has 116 valence electrons. The van der Waals surface area contributed by atoms with Crippen molar-refractivity contribution in [3.05, 3.63) is 47.7 Å². The van der Waals surface area contributed by atoms with Crippen molar-refractivity contribution in [2.75, 3.05) is 13.7 Å². The largest absolute Gasteiger partial charge is 0.465 e. The first-order chi connectivity index (χ1) is 10.3. The standard InChI is InChI=1S/C18H27NO2/c1-3-4-5-6-7-8-15-19-17-13-9-11-16(12-10-14-17)18(20)21-2/h9-14,19H,3-8,15H2,1-2H3/b11-9-,12-10?,13-9?,14-10?,16-11?,16-12+,17-13?,17-14?. The smallest absolute Gasteiger partial charge is 0.337 e. The van der Waals surface area contributed by atoms with Crippen molar-refractivity contribution in [2.24, 2.45) is 0 Å². The Morgan fingerprint density at radius 1 is 1.05 bits per heavy atom. The molecule has 0 atom stereocenters. The van der Waals surface area contributed by atoms with Crippen molar-refractivity contribution in [2.45, 2.75) is 45.4 Å². The summed E-state index contributed by atoms with van der Waals surface area (Å²) in [5.41, 5.74) is 1.62. The number of rotatable bonds is 9. The van der Waals surface area contributed by atoms with E-state index in [4.69, 9.17) is 4.74 Å². The molecule has 1 aliphatic rings. The number of allylic oxidation sites excluding steroid dienone is 5. The van der Waals surface area contributed by atoms with Crippen LogP contribution in [0, 0.1) is 0 Å². The summed E-state index contributed by atoms with van der Waals surface area (Å²) in [4.78, 5) is 11.4. The lowest BCUT2D eigenvalue weighted by molar-refractivity contribution is -0.135. The molecule has 0 aromatic heterocycles. The number of hydrogen-bond donors (Lipinski definition) is 1. The van der Waals surface area contributed by atoms with Gasteiger partial charge in [0.25, 0.3) is 0 Å². The Kier molecular flexibility index (Phi) is 9.01. The lowest BCUT2D eigenvalue weighted by Crippen LogP contribution is -2.13. The fraction of sp³-hybridized carbons (Fsp3) is 0.500. The molecule has 1 aliphatic carbocycles. The summed E-state index contributed by atoms with van der Waals surface area (Å²) in [5, 5.41) is 3.42. The lowest BCUT2D eigenvalue weighted by Gasteiger charge is -2.08. The van der Waals surface area contributed by atoms with Crippen molar-refractivity contribution in [3.8, 4) is 0 Å². The molecule has 0 bridgehead atoms. The fourth-order valence-electron chi connectivity index (χ4n) is 2.13. The number of esters is 1. The highest BCUT2D eigenvalue weighted by Gasteiger charge is 2.04. The molecule has 0 aromatic rings. The highest BCUT2D eigenvalue weighted by Crippen LogP contribution is 2.07. The highest BCUT2D eigenvalue weighted by molar-refractivity contribution is 5.91. The molecule has 3 nitrogen and oxygen atoms in total. The van der Waals surface area contributed by atoms with E-state index in [-0.39, 0.29) is 5.97 Å². The Labute approximate surface area is 128 Å². The van der Waals surface area contributed by atoms with Crippen LogP contribution in [0.25, 0.3) is 0 Å². The number of nitrogens with one attached hydrogen (secondary N) is 1. The van der Waals surface area contributed by atoms with Gasteiger partial charge in [-0.25, -0.2) is 4.79 Å². The van der Waals surface area contributed by atoms with E-state index in [0.717, 1.165) is 12.2 Å². The predicted molar refractivity (Wildman–Crippen MR) is 87.8 cm³/mol. The second-order valence-corrected chi connectivity index (χ2v) is 5.15. The predicted octanol–water partition coefficient (Wildman–Crippen LogP) is 4.05. The van der Waals surface area contributed by atoms with Crippen LogP contribution in [-0.4, -0.2) is 19.6 Å². The van der Waals surface area contributed by atoms with E-state index < -0.39 is 0 Å². The minimum Gasteiger partial charge on any atom is -0.465 e. The molecule has 0 fully saturated rings. The maximum absolute atomic E-state index is 11.4. The van der Waals surface area contributed by atoms with Crippen molar-refractivity contribution < 1.29 is 9.53 Å². The van der Waals surface area contributed by atoms with E-state index in [1.54, 1.807) is 12.2 Å². The van der Waals surface area contributed by atoms with Crippen LogP contribution < -0.4 is 5.32 Å². The van der Waals surface area contributed by atoms with Crippen LogP contribution in [0.4, 0.5) is 0 Å². The van der Waals surface area contributed by atoms with Crippen LogP contribution >= 0.6 is 0 Å². The molecule has 0 unspecified atom stereocenters. The minimum absolute atomic E-state index is 0.312. The van der Waals surface area contributed by atoms with Crippen molar-refractivity contribution in [1.29, 1.82) is 0 Å². The lowest BCUT2D eigenvalue weighted by atomic mass is 10.1. The Bertz CT molecular complexity index is 430. The van der Waals surface area contributed by atoms with E-state index >= 15 is 0 Å². The van der Waals surface area contributed by atoms with Crippen LogP contribution in [0.5, 0.6) is 0 Å². The van der Waals surface area contributed by atoms with Gasteiger partial charge in [0.2, 0.25) is 0 Å². The summed E-state index contributed by atoms with van der Waals surface area (Å²) in [6, 6.07) is 0. The van der Waals surface area contributed by atoms with Crippen LogP contribution in [0.15, 0.2) is 47.7 Å². The molecule has 3 heteroatoms. The third-order valence-electron chi connectivity index (χ3n) is 3.38. The van der Waals surface area contributed by atoms with Gasteiger partial charge in [0, 0.05) is 12.2 Å². The molecule has 21 heavy (non-hydrogen) atoms. The molecule has 0 aliphatic heterocycles. The molecule has 0 saturated heterocycles. The summed E-state index contributed by atoms with van der Waals surface area (Å²) in [7, 11) is 1.39. The van der Waals surface area contributed by atoms with Crippen LogP contribution in [-0.2, 0) is 9.53 Å². The van der Waals surface area contributed by atoms with Gasteiger partial charge >= 0.3 is 5.97 Å². The number of unbranched alkanes of at least 4 members (excludes halogenated alkanes) is 5. The Balaban J connectivity index is 2.27. The zero-order chi connectivity index (χ0) is 15.3. The topological polar surface area (TPSA) is 38.3 Å². The first-order valence-electron chi connectivity index (χ1n) is 7.87. The molecule has 1 rings (SSSR count). The fourth-order valence-corrected chi connectivity index (χ4v) is 2.13. The van der Waals surface area contributed by atoms with Crippen LogP contribution in [0.3, 0.4) is 0 Å². The van der Waals surface area contributed by atoms with Gasteiger partial charge in [-0.05, 0) is 30.7 Å². The molecule has 0 radical (unpaired) electrons. The SMILES string of the molecule is CCCCCCCCNC1=C/C=C\C(C(=O)OC)=C/C=C1. The minimum atomic E-state index is -0.312. The van der Waals surface area contributed by atoms with E-state index in [1.165, 1.54) is 45.6 Å². The molecule has 0 spiro atoms. The Hall–Kier alpha value is -1.77. The van der Waals surface area contributed by atoms with Crippen molar-refractivity contribution in [1.82, 2.24) is 5.32 Å². The quantitative estimate of drug-likeness (QED) is 0.514. The number of carbonyl (C=O) groups is 1. The number of carbonyl (C=O) groups excluding carboxylic acids is 1. The van der Waals surface area contributed by atoms with Crippen LogP contribution in [0.2, 0.25) is 0 Å². The van der Waals surface area contributed by atoms with E-state index in [0.29, 0.717) is 5.57 Å². The molecule has 0 amide bonds. The molecular weight excluding hydrogens is 262 g/mol. The molecular formula is C18H27NO2. The third kappa shape index (κ3) is 7.54. The normalized spacial score (nSPS) is 18.0. The zero-order valence-electron chi connectivity index (χ0n) is 13.2. The van der Waals surface area contributed by atoms with Gasteiger partial charge < -0.3 is 10.1 Å². The maximum Gasteiger partial charge on any atom is 0.337 e. The van der Waals surface area contributed by atoms with Gasteiger partial charge in [-0.3, -0.25) is 0 Å². The monoisotopic (exact) mass is 289 g/mol. The van der Waals surface area contributed by atoms with Gasteiger partial charge in [0.05, 0.1) is 12.7 Å². The van der Waals surface area contributed by atoms with Gasteiger partial charge in [-0.2, -0.15) is 0 Å². The first kappa shape index (κ1) is 17.3. The average Bonchev–Trinajstić information content (AvgIpc) is 2.47. The molecule has 0 heterocycles. The summed E-state index contributed by atoms with van der Waals surface area (Å²) < 4.78 is 4.70. The molecule has 0 saturated carbocycles. The molecule has 1 N–H and O–H groups in total. The van der Waals surface area contributed by atoms with Gasteiger partial charge in [-0.15, -0.1) is 0 Å². The number of ether oxygens (including phenoxy) is 1. The van der Waals surface area contributed by atoms with Crippen molar-refractivity contribution >= 4 is 5.97 Å². The maximum atomic E-state index is 11.4. The first-order valence-corrected chi connectivity index (χ1v) is 7.87. The third-order valence-corrected chi connectivity index (χ3v) is 3.38. The van der Waals surface area contributed by atoms with E-state index in [1.807, 2.05) is 24.3 Å². The number of hydrogen-bond acceptors (Lipinski definition) is 3. The summed E-state index contributed by atoms with van der Waals surface area (Å²) in [5.74, 6) is -0.312. The number of methoxy groups -OCH3 is 1. The second-order valence-electron chi connectivity index (χ2n) is 5.15. The highest BCUT2D eigenvalue weighted by atomic mass is 16.5. The van der Waals surface area contributed by atoms with Crippen molar-refractivity contribution in [3.63, 3.8) is 0 Å². The summed E-state index contributed by atoms with van der Waals surface area (Å²) >= 11 is 0. The van der Waals surface area contributed by atoms with E-state index in [9.17, 15) is 4.79 Å². The van der Waals surface area contributed by atoms with Gasteiger partial charge in [0.1, 0.15) is 0 Å². The van der Waals surface area contributed by atoms with E-state index in [2.05, 4.69) is 12.2 Å². The Morgan fingerprint density at radius 3 is 2.52 bits per heavy atom. The van der Waals surface area contributed by atoms with Gasteiger partial charge in [0.15, 0.2) is 0 Å². The summed E-state index contributed by atoms with van der Waals surface area (Å²) in [6.07, 6.45) is 19.0. The van der Waals surface area contributed by atoms with Gasteiger partial charge in [-0.1, -0.05) is 51.2 Å². The molecule has 0 aromatic carbocycles. The average molecular weight is 289 g/mol.